The Morgan fingerprint density at radius 1 is 0.889 bits per heavy atom. The number of ketones is 2. The van der Waals surface area contributed by atoms with Crippen LogP contribution < -0.4 is 16.8 Å². The van der Waals surface area contributed by atoms with Gasteiger partial charge in [0.25, 0.3) is 0 Å². The van der Waals surface area contributed by atoms with Gasteiger partial charge in [0.2, 0.25) is 11.8 Å². The molecule has 3 amide bonds. The maximum Gasteiger partial charge on any atom is 0.411 e. The third-order valence-corrected chi connectivity index (χ3v) is 4.41. The Labute approximate surface area is 209 Å². The number of Topliss-reactive ketones (excluding diaryl/α,β-unsaturated/α-hetero) is 2. The van der Waals surface area contributed by atoms with Crippen molar-refractivity contribution in [3.63, 3.8) is 0 Å². The monoisotopic (exact) mass is 516 g/mol. The third kappa shape index (κ3) is 16.7. The van der Waals surface area contributed by atoms with E-state index in [1.165, 1.54) is 27.0 Å². The first-order valence-electron chi connectivity index (χ1n) is 10.8. The number of methoxy groups -OCH3 is 2. The van der Waals surface area contributed by atoms with Crippen LogP contribution in [0.15, 0.2) is 12.7 Å². The van der Waals surface area contributed by atoms with Gasteiger partial charge in [0, 0.05) is 12.8 Å². The number of nitrogens with one attached hydrogen (secondary N) is 1. The van der Waals surface area contributed by atoms with E-state index in [1.54, 1.807) is 0 Å². The molecule has 0 aromatic heterocycles. The fraction of sp³-hybridized carbons (Fsp3) is 0.591. The van der Waals surface area contributed by atoms with E-state index in [0.29, 0.717) is 6.42 Å². The lowest BCUT2D eigenvalue weighted by Crippen LogP contribution is -2.50. The molecule has 5 N–H and O–H groups in total. The van der Waals surface area contributed by atoms with Crippen LogP contribution in [0.3, 0.4) is 0 Å². The predicted molar refractivity (Wildman–Crippen MR) is 126 cm³/mol. The molecule has 0 radical (unpaired) electrons. The van der Waals surface area contributed by atoms with Gasteiger partial charge in [-0.2, -0.15) is 0 Å². The van der Waals surface area contributed by atoms with Crippen LogP contribution in [0.5, 0.6) is 0 Å². The van der Waals surface area contributed by atoms with Gasteiger partial charge in [-0.1, -0.05) is 12.7 Å². The maximum atomic E-state index is 11.9. The molecule has 0 aromatic rings. The molecule has 14 heteroatoms. The van der Waals surface area contributed by atoms with Gasteiger partial charge in [0.15, 0.2) is 0 Å². The van der Waals surface area contributed by atoms with Crippen molar-refractivity contribution in [3.05, 3.63) is 12.7 Å². The standard InChI is InChI=1S/C13H20N2O6.C9H16N2O4/c1-4-7-21-13(19)15(8-11(17)20-3)10(12(14)18)6-5-9(2)16;1-6(12)3-4-7(9(10)14)11-5-8(13)15-2/h4,10H,1,5-8H2,2-3H3,(H2,14,18);7,11H,3-5H2,1-2H3,(H2,10,14)/t10-;7-/m00/s1. The molecule has 0 aliphatic carbocycles. The van der Waals surface area contributed by atoms with Gasteiger partial charge in [-0.15, -0.1) is 0 Å². The number of hydrogen-bond acceptors (Lipinski definition) is 11. The quantitative estimate of drug-likeness (QED) is 0.128. The molecular weight excluding hydrogens is 480 g/mol. The number of esters is 2. The van der Waals surface area contributed by atoms with Gasteiger partial charge in [-0.05, 0) is 26.7 Å². The molecule has 0 rings (SSSR count). The fourth-order valence-corrected chi connectivity index (χ4v) is 2.48. The number of amides is 3. The molecule has 0 aromatic carbocycles. The van der Waals surface area contributed by atoms with E-state index in [9.17, 15) is 33.6 Å². The number of ether oxygens (including phenoxy) is 3. The lowest BCUT2D eigenvalue weighted by Gasteiger charge is -2.27. The van der Waals surface area contributed by atoms with E-state index < -0.39 is 48.5 Å². The summed E-state index contributed by atoms with van der Waals surface area (Å²) in [6, 6.07) is -1.81. The Hall–Kier alpha value is -3.81. The Bertz CT molecular complexity index is 800. The second-order valence-corrected chi connectivity index (χ2v) is 7.38. The highest BCUT2D eigenvalue weighted by molar-refractivity contribution is 5.87. The number of nitrogens with two attached hydrogens (primary N) is 2. The van der Waals surface area contributed by atoms with E-state index in [-0.39, 0.29) is 44.0 Å². The lowest BCUT2D eigenvalue weighted by molar-refractivity contribution is -0.143. The van der Waals surface area contributed by atoms with E-state index in [1.807, 2.05) is 0 Å². The highest BCUT2D eigenvalue weighted by Gasteiger charge is 2.31. The van der Waals surface area contributed by atoms with Crippen molar-refractivity contribution >= 4 is 41.4 Å². The Kier molecular flexibility index (Phi) is 18.6. The van der Waals surface area contributed by atoms with Crippen LogP contribution in [0.4, 0.5) is 4.79 Å². The minimum atomic E-state index is -1.13. The lowest BCUT2D eigenvalue weighted by atomic mass is 10.1. The largest absolute Gasteiger partial charge is 0.468 e. The van der Waals surface area contributed by atoms with Crippen LogP contribution in [-0.2, 0) is 43.0 Å². The normalized spacial score (nSPS) is 11.4. The smallest absolute Gasteiger partial charge is 0.411 e. The van der Waals surface area contributed by atoms with Crippen molar-refractivity contribution < 1.29 is 47.8 Å². The van der Waals surface area contributed by atoms with Gasteiger partial charge in [0.05, 0.1) is 26.8 Å². The molecule has 14 nitrogen and oxygen atoms in total. The molecule has 0 unspecified atom stereocenters. The minimum absolute atomic E-state index is 0.00481. The first-order valence-corrected chi connectivity index (χ1v) is 10.8. The molecule has 0 aliphatic heterocycles. The molecule has 0 spiro atoms. The molecule has 0 fully saturated rings. The average Bonchev–Trinajstić information content (AvgIpc) is 2.80. The Morgan fingerprint density at radius 2 is 1.42 bits per heavy atom. The average molecular weight is 517 g/mol. The van der Waals surface area contributed by atoms with E-state index >= 15 is 0 Å². The number of hydrogen-bond donors (Lipinski definition) is 3. The minimum Gasteiger partial charge on any atom is -0.468 e. The third-order valence-electron chi connectivity index (χ3n) is 4.41. The van der Waals surface area contributed by atoms with Crippen molar-refractivity contribution in [1.82, 2.24) is 10.2 Å². The maximum absolute atomic E-state index is 11.9. The molecule has 0 saturated heterocycles. The first kappa shape index (κ1) is 34.4. The molecule has 0 heterocycles. The van der Waals surface area contributed by atoms with E-state index in [0.717, 1.165) is 12.0 Å². The zero-order valence-corrected chi connectivity index (χ0v) is 21.1. The number of nitrogens with zero attached hydrogens (tertiary/aromatic N) is 1. The van der Waals surface area contributed by atoms with Crippen LogP contribution in [0, 0.1) is 0 Å². The van der Waals surface area contributed by atoms with Crippen molar-refractivity contribution in [3.8, 4) is 0 Å². The van der Waals surface area contributed by atoms with Crippen LogP contribution in [0.1, 0.15) is 39.5 Å². The Balaban J connectivity index is 0. The van der Waals surface area contributed by atoms with Crippen LogP contribution in [-0.4, -0.2) is 92.3 Å². The predicted octanol–water partition coefficient (Wildman–Crippen LogP) is -1.02. The highest BCUT2D eigenvalue weighted by atomic mass is 16.6. The number of primary amides is 2. The second kappa shape index (κ2) is 19.5. The first-order chi connectivity index (χ1) is 16.8. The summed E-state index contributed by atoms with van der Waals surface area (Å²) >= 11 is 0. The SMILES string of the molecule is C=CCOC(=O)N(CC(=O)OC)[C@@H](CCC(C)=O)C(N)=O.COC(=O)CN[C@@H](CCC(C)=O)C(N)=O. The van der Waals surface area contributed by atoms with Crippen LogP contribution in [0.25, 0.3) is 0 Å². The summed E-state index contributed by atoms with van der Waals surface area (Å²) in [7, 11) is 2.39. The fourth-order valence-electron chi connectivity index (χ4n) is 2.48. The molecule has 36 heavy (non-hydrogen) atoms. The van der Waals surface area contributed by atoms with Crippen LogP contribution in [0.2, 0.25) is 0 Å². The molecule has 0 bridgehead atoms. The van der Waals surface area contributed by atoms with E-state index in [4.69, 9.17) is 16.2 Å². The van der Waals surface area contributed by atoms with Gasteiger partial charge in [-0.3, -0.25) is 29.4 Å². The summed E-state index contributed by atoms with van der Waals surface area (Å²) in [6.07, 6.45) is 1.02. The molecule has 2 atom stereocenters. The van der Waals surface area contributed by atoms with Crippen molar-refractivity contribution in [2.45, 2.75) is 51.6 Å². The summed E-state index contributed by atoms with van der Waals surface area (Å²) in [5, 5.41) is 2.62. The van der Waals surface area contributed by atoms with Gasteiger partial charge >= 0.3 is 18.0 Å². The highest BCUT2D eigenvalue weighted by Crippen LogP contribution is 2.10. The van der Waals surface area contributed by atoms with Crippen molar-refractivity contribution in [2.24, 2.45) is 11.5 Å². The zero-order valence-electron chi connectivity index (χ0n) is 21.1. The molecule has 0 aliphatic rings. The second-order valence-electron chi connectivity index (χ2n) is 7.38. The van der Waals surface area contributed by atoms with Gasteiger partial charge < -0.3 is 35.3 Å². The summed E-state index contributed by atoms with van der Waals surface area (Å²) in [5.74, 6) is -2.83. The van der Waals surface area contributed by atoms with Crippen molar-refractivity contribution in [1.29, 1.82) is 0 Å². The number of rotatable bonds is 16. The molecule has 204 valence electrons. The van der Waals surface area contributed by atoms with E-state index in [2.05, 4.69) is 21.4 Å². The molecule has 0 saturated carbocycles. The zero-order chi connectivity index (χ0) is 28.3. The summed E-state index contributed by atoms with van der Waals surface area (Å²) in [4.78, 5) is 79.0. The number of carbonyl (C=O) groups excluding carboxylic acids is 7. The van der Waals surface area contributed by atoms with Gasteiger partial charge in [0.1, 0.15) is 30.8 Å². The number of carbonyl (C=O) groups is 7. The Morgan fingerprint density at radius 3 is 1.83 bits per heavy atom. The van der Waals surface area contributed by atoms with Gasteiger partial charge in [-0.25, -0.2) is 4.79 Å². The topological polar surface area (TPSA) is 214 Å². The molecular formula is C22H36N4O10. The van der Waals surface area contributed by atoms with Crippen molar-refractivity contribution in [2.75, 3.05) is 33.9 Å². The summed E-state index contributed by atoms with van der Waals surface area (Å²) < 4.78 is 13.7. The summed E-state index contributed by atoms with van der Waals surface area (Å²) in [5.41, 5.74) is 10.3. The summed E-state index contributed by atoms with van der Waals surface area (Å²) in [6.45, 7) is 5.47. The van der Waals surface area contributed by atoms with Crippen LogP contribution >= 0.6 is 0 Å².